The maximum atomic E-state index is 11.7. The van der Waals surface area contributed by atoms with Crippen LogP contribution in [0.25, 0.3) is 0 Å². The summed E-state index contributed by atoms with van der Waals surface area (Å²) < 4.78 is 5.33. The van der Waals surface area contributed by atoms with Crippen LogP contribution in [0.3, 0.4) is 0 Å². The molecular weight excluding hydrogens is 378 g/mol. The number of hydrogen-bond donors (Lipinski definition) is 1. The molecule has 4 heteroatoms. The Morgan fingerprint density at radius 1 is 0.759 bits per heavy atom. The summed E-state index contributed by atoms with van der Waals surface area (Å²) in [6, 6.07) is 0. The van der Waals surface area contributed by atoms with E-state index < -0.39 is 0 Å². The third-order valence-corrected chi connectivity index (χ3v) is 5.45. The van der Waals surface area contributed by atoms with Gasteiger partial charge in [0.1, 0.15) is 0 Å². The summed E-state index contributed by atoms with van der Waals surface area (Å²) in [5.74, 6) is 0.970. The Labute approximate surface area is 186 Å². The largest absolute Gasteiger partial charge is 0.466 e. The average Bonchev–Trinajstić information content (AvgIpc) is 2.73. The molecule has 0 atom stereocenters. The van der Waals surface area contributed by atoms with Crippen LogP contribution in [0, 0.1) is 0 Å². The lowest BCUT2D eigenvalue weighted by Crippen LogP contribution is -2.24. The molecule has 0 unspecified atom stereocenters. The maximum absolute atomic E-state index is 11.7. The van der Waals surface area contributed by atoms with Crippen molar-refractivity contribution in [3.8, 4) is 0 Å². The van der Waals surface area contributed by atoms with Gasteiger partial charge in [-0.05, 0) is 102 Å². The summed E-state index contributed by atoms with van der Waals surface area (Å²) in [5.41, 5.74) is 0. The molecule has 0 aromatic heterocycles. The highest BCUT2D eigenvalue weighted by Crippen LogP contribution is 2.07. The molecule has 0 aliphatic carbocycles. The Morgan fingerprint density at radius 3 is 1.79 bits per heavy atom. The molecule has 0 spiro atoms. The third kappa shape index (κ3) is 21.8. The predicted octanol–water partition coefficient (Wildman–Crippen LogP) is 6.98. The maximum Gasteiger partial charge on any atom is 0.305 e. The lowest BCUT2D eigenvalue weighted by Gasteiger charge is -2.17. The number of carbonyl (C=O) groups excluding carboxylic acids is 1. The molecule has 0 saturated heterocycles. The molecule has 29 heavy (non-hydrogen) atoms. The van der Waals surface area contributed by atoms with Gasteiger partial charge >= 0.3 is 5.97 Å². The van der Waals surface area contributed by atoms with Gasteiger partial charge in [-0.15, -0.1) is 0 Å². The van der Waals surface area contributed by atoms with Crippen molar-refractivity contribution in [2.75, 3.05) is 32.0 Å². The van der Waals surface area contributed by atoms with Crippen LogP contribution in [0.15, 0.2) is 24.3 Å². The van der Waals surface area contributed by atoms with Gasteiger partial charge in [0, 0.05) is 6.42 Å². The third-order valence-electron chi connectivity index (χ3n) is 5.13. The van der Waals surface area contributed by atoms with Crippen LogP contribution in [0.2, 0.25) is 0 Å². The molecule has 0 aromatic rings. The minimum Gasteiger partial charge on any atom is -0.466 e. The van der Waals surface area contributed by atoms with E-state index in [0.29, 0.717) is 13.0 Å². The summed E-state index contributed by atoms with van der Waals surface area (Å²) in [6.45, 7) is 8.24. The SMILES string of the molecule is CCN(CC)CCCCOC(=O)CCCC/C=C\CCCC/C=C\CCCCS. The lowest BCUT2D eigenvalue weighted by molar-refractivity contribution is -0.143. The molecule has 170 valence electrons. The zero-order valence-corrected chi connectivity index (χ0v) is 20.1. The van der Waals surface area contributed by atoms with Crippen molar-refractivity contribution >= 4 is 18.6 Å². The van der Waals surface area contributed by atoms with Gasteiger partial charge in [0.2, 0.25) is 0 Å². The van der Waals surface area contributed by atoms with Gasteiger partial charge < -0.3 is 9.64 Å². The van der Waals surface area contributed by atoms with Crippen molar-refractivity contribution in [2.45, 2.75) is 97.3 Å². The number of esters is 1. The van der Waals surface area contributed by atoms with Gasteiger partial charge in [-0.2, -0.15) is 12.6 Å². The summed E-state index contributed by atoms with van der Waals surface area (Å²) in [5, 5.41) is 0. The Bertz CT molecular complexity index is 406. The van der Waals surface area contributed by atoms with Gasteiger partial charge in [0.15, 0.2) is 0 Å². The summed E-state index contributed by atoms with van der Waals surface area (Å²) >= 11 is 4.22. The number of allylic oxidation sites excluding steroid dienone is 4. The van der Waals surface area contributed by atoms with Crippen molar-refractivity contribution < 1.29 is 9.53 Å². The van der Waals surface area contributed by atoms with Crippen LogP contribution >= 0.6 is 12.6 Å². The van der Waals surface area contributed by atoms with Crippen molar-refractivity contribution in [3.63, 3.8) is 0 Å². The standard InChI is InChI=1S/C25H47NO2S/c1-3-26(4-2)22-18-19-23-28-25(27)21-17-15-13-11-9-7-5-6-8-10-12-14-16-20-24-29/h9-12,29H,3-8,13-24H2,1-2H3/b11-9-,12-10-. The smallest absolute Gasteiger partial charge is 0.305 e. The fraction of sp³-hybridized carbons (Fsp3) is 0.800. The quantitative estimate of drug-likeness (QED) is 0.0930. The van der Waals surface area contributed by atoms with E-state index in [0.717, 1.165) is 57.5 Å². The number of unbranched alkanes of at least 4 members (excludes halogenated alkanes) is 8. The monoisotopic (exact) mass is 425 g/mol. The molecule has 0 saturated carbocycles. The molecule has 0 aromatic carbocycles. The second-order valence-electron chi connectivity index (χ2n) is 7.65. The number of hydrogen-bond acceptors (Lipinski definition) is 4. The minimum absolute atomic E-state index is 0.0320. The number of thiol groups is 1. The van der Waals surface area contributed by atoms with Crippen LogP contribution in [0.5, 0.6) is 0 Å². The first kappa shape index (κ1) is 28.3. The van der Waals surface area contributed by atoms with E-state index in [1.54, 1.807) is 0 Å². The van der Waals surface area contributed by atoms with Crippen LogP contribution in [-0.4, -0.2) is 42.9 Å². The van der Waals surface area contributed by atoms with E-state index in [9.17, 15) is 4.79 Å². The van der Waals surface area contributed by atoms with E-state index in [4.69, 9.17) is 4.74 Å². The molecule has 0 radical (unpaired) electrons. The predicted molar refractivity (Wildman–Crippen MR) is 131 cm³/mol. The van der Waals surface area contributed by atoms with E-state index in [1.807, 2.05) is 0 Å². The van der Waals surface area contributed by atoms with Crippen molar-refractivity contribution in [2.24, 2.45) is 0 Å². The van der Waals surface area contributed by atoms with Crippen molar-refractivity contribution in [1.82, 2.24) is 4.90 Å². The average molecular weight is 426 g/mol. The number of rotatable bonds is 21. The second kappa shape index (κ2) is 23.5. The van der Waals surface area contributed by atoms with Gasteiger partial charge in [0.25, 0.3) is 0 Å². The Balaban J connectivity index is 3.35. The first-order chi connectivity index (χ1) is 14.2. The molecule has 0 heterocycles. The Hall–Kier alpha value is -0.740. The van der Waals surface area contributed by atoms with Gasteiger partial charge in [-0.1, -0.05) is 38.2 Å². The highest BCUT2D eigenvalue weighted by atomic mass is 32.1. The Kier molecular flexibility index (Phi) is 22.9. The van der Waals surface area contributed by atoms with Gasteiger partial charge in [-0.3, -0.25) is 4.79 Å². The molecular formula is C25H47NO2S. The Morgan fingerprint density at radius 2 is 1.28 bits per heavy atom. The molecule has 0 bridgehead atoms. The topological polar surface area (TPSA) is 29.5 Å². The highest BCUT2D eigenvalue weighted by molar-refractivity contribution is 7.80. The molecule has 0 aliphatic rings. The van der Waals surface area contributed by atoms with Crippen LogP contribution in [0.1, 0.15) is 97.3 Å². The number of nitrogens with zero attached hydrogens (tertiary/aromatic N) is 1. The lowest BCUT2D eigenvalue weighted by atomic mass is 10.1. The summed E-state index contributed by atoms with van der Waals surface area (Å²) in [7, 11) is 0. The normalized spacial score (nSPS) is 11.9. The van der Waals surface area contributed by atoms with Gasteiger partial charge in [0.05, 0.1) is 6.61 Å². The molecule has 0 aliphatic heterocycles. The molecule has 0 fully saturated rings. The molecule has 0 N–H and O–H groups in total. The van der Waals surface area contributed by atoms with Crippen LogP contribution in [-0.2, 0) is 9.53 Å². The zero-order chi connectivity index (χ0) is 21.4. The first-order valence-corrected chi connectivity index (χ1v) is 12.7. The fourth-order valence-corrected chi connectivity index (χ4v) is 3.36. The zero-order valence-electron chi connectivity index (χ0n) is 19.2. The molecule has 0 rings (SSSR count). The van der Waals surface area contributed by atoms with Crippen molar-refractivity contribution in [3.05, 3.63) is 24.3 Å². The summed E-state index contributed by atoms with van der Waals surface area (Å²) in [4.78, 5) is 14.1. The number of carbonyl (C=O) groups is 1. The summed E-state index contributed by atoms with van der Waals surface area (Å²) in [6.07, 6.45) is 23.5. The minimum atomic E-state index is -0.0320. The molecule has 0 amide bonds. The van der Waals surface area contributed by atoms with E-state index in [2.05, 4.69) is 55.7 Å². The second-order valence-corrected chi connectivity index (χ2v) is 8.09. The van der Waals surface area contributed by atoms with E-state index in [1.165, 1.54) is 44.9 Å². The number of ether oxygens (including phenoxy) is 1. The van der Waals surface area contributed by atoms with Gasteiger partial charge in [-0.25, -0.2) is 0 Å². The first-order valence-electron chi connectivity index (χ1n) is 12.0. The van der Waals surface area contributed by atoms with Crippen LogP contribution < -0.4 is 0 Å². The van der Waals surface area contributed by atoms with E-state index >= 15 is 0 Å². The molecule has 3 nitrogen and oxygen atoms in total. The highest BCUT2D eigenvalue weighted by Gasteiger charge is 2.03. The van der Waals surface area contributed by atoms with Crippen LogP contribution in [0.4, 0.5) is 0 Å². The fourth-order valence-electron chi connectivity index (χ4n) is 3.14. The van der Waals surface area contributed by atoms with Crippen molar-refractivity contribution in [1.29, 1.82) is 0 Å². The van der Waals surface area contributed by atoms with E-state index in [-0.39, 0.29) is 5.97 Å².